The van der Waals surface area contributed by atoms with Crippen LogP contribution in [0.4, 0.5) is 0 Å². The van der Waals surface area contributed by atoms with E-state index in [0.29, 0.717) is 57.7 Å². The molecule has 5 rings (SSSR count). The number of nitrogens with one attached hydrogen (secondary N) is 1. The Balaban J connectivity index is 1.41. The Hall–Kier alpha value is -2.71. The van der Waals surface area contributed by atoms with Crippen molar-refractivity contribution in [3.63, 3.8) is 0 Å². The van der Waals surface area contributed by atoms with Crippen LogP contribution in [0.3, 0.4) is 0 Å². The lowest BCUT2D eigenvalue weighted by Gasteiger charge is -2.37. The Morgan fingerprint density at radius 1 is 1.03 bits per heavy atom. The summed E-state index contributed by atoms with van der Waals surface area (Å²) in [5.74, 6) is 0.683. The maximum Gasteiger partial charge on any atom is 0.286 e. The van der Waals surface area contributed by atoms with Crippen LogP contribution in [0.2, 0.25) is 0 Å². The molecule has 0 unspecified atom stereocenters. The van der Waals surface area contributed by atoms with Gasteiger partial charge in [-0.1, -0.05) is 42.5 Å². The predicted molar refractivity (Wildman–Crippen MR) is 145 cm³/mol. The minimum atomic E-state index is -0.550. The van der Waals surface area contributed by atoms with E-state index < -0.39 is 6.29 Å². The van der Waals surface area contributed by atoms with Crippen molar-refractivity contribution in [1.82, 2.24) is 5.32 Å². The van der Waals surface area contributed by atoms with Gasteiger partial charge in [-0.15, -0.1) is 0 Å². The first-order chi connectivity index (χ1) is 18.7. The highest BCUT2D eigenvalue weighted by molar-refractivity contribution is 5.92. The third-order valence-corrected chi connectivity index (χ3v) is 7.64. The van der Waals surface area contributed by atoms with Crippen molar-refractivity contribution >= 4 is 5.91 Å². The summed E-state index contributed by atoms with van der Waals surface area (Å²) in [7, 11) is 0. The number of ether oxygens (including phenoxy) is 4. The molecule has 3 aliphatic rings. The van der Waals surface area contributed by atoms with Crippen LogP contribution in [-0.4, -0.2) is 63.5 Å². The third-order valence-electron chi connectivity index (χ3n) is 7.64. The van der Waals surface area contributed by atoms with E-state index in [-0.39, 0.29) is 24.3 Å². The maximum absolute atomic E-state index is 13.1. The largest absolute Gasteiger partial charge is 0.459 e. The maximum atomic E-state index is 13.1. The second-order valence-electron chi connectivity index (χ2n) is 10.3. The lowest BCUT2D eigenvalue weighted by molar-refractivity contribution is -0.168. The minimum Gasteiger partial charge on any atom is -0.459 e. The number of hydrogen-bond acceptors (Lipinski definition) is 6. The van der Waals surface area contributed by atoms with Crippen LogP contribution in [0.15, 0.2) is 54.3 Å². The number of carbonyl (C=O) groups excluding carboxylic acids is 1. The first-order valence-corrected chi connectivity index (χ1v) is 13.9. The molecule has 2 aromatic rings. The topological polar surface area (TPSA) is 86.3 Å². The molecule has 3 atom stereocenters. The summed E-state index contributed by atoms with van der Waals surface area (Å²) in [6.45, 7) is 4.86. The van der Waals surface area contributed by atoms with Crippen LogP contribution in [0.5, 0.6) is 0 Å². The highest BCUT2D eigenvalue weighted by Crippen LogP contribution is 2.45. The summed E-state index contributed by atoms with van der Waals surface area (Å²) in [4.78, 5) is 13.1. The zero-order valence-electron chi connectivity index (χ0n) is 22.2. The average Bonchev–Trinajstić information content (AvgIpc) is 3.69. The summed E-state index contributed by atoms with van der Waals surface area (Å²) in [6.07, 6.45) is 5.39. The van der Waals surface area contributed by atoms with E-state index in [1.165, 1.54) is 40.7 Å². The van der Waals surface area contributed by atoms with E-state index >= 15 is 0 Å². The predicted octanol–water partition coefficient (Wildman–Crippen LogP) is 4.18. The number of aliphatic hydroxyl groups excluding tert-OH is 1. The van der Waals surface area contributed by atoms with Crippen molar-refractivity contribution in [1.29, 1.82) is 0 Å². The van der Waals surface area contributed by atoms with Crippen molar-refractivity contribution in [2.24, 2.45) is 11.8 Å². The summed E-state index contributed by atoms with van der Waals surface area (Å²) in [5.41, 5.74) is 6.41. The van der Waals surface area contributed by atoms with Gasteiger partial charge in [0.25, 0.3) is 5.91 Å². The van der Waals surface area contributed by atoms with E-state index in [1.807, 2.05) is 13.0 Å². The Morgan fingerprint density at radius 2 is 1.82 bits per heavy atom. The molecular weight excluding hydrogens is 482 g/mol. The first kappa shape index (κ1) is 26.9. The van der Waals surface area contributed by atoms with Crippen molar-refractivity contribution in [3.05, 3.63) is 71.0 Å². The Labute approximate surface area is 225 Å². The fraction of sp³-hybridized carbons (Fsp3) is 0.516. The van der Waals surface area contributed by atoms with E-state index in [4.69, 9.17) is 24.1 Å². The molecule has 1 heterocycles. The Kier molecular flexibility index (Phi) is 9.12. The van der Waals surface area contributed by atoms with Gasteiger partial charge in [0.1, 0.15) is 0 Å². The van der Waals surface area contributed by atoms with Gasteiger partial charge in [-0.25, -0.2) is 0 Å². The number of benzene rings is 2. The quantitative estimate of drug-likeness (QED) is 0.310. The van der Waals surface area contributed by atoms with Gasteiger partial charge in [0.05, 0.1) is 26.4 Å². The van der Waals surface area contributed by atoms with Crippen LogP contribution in [0, 0.1) is 11.8 Å². The number of rotatable bonds is 14. The molecule has 0 saturated heterocycles. The molecule has 204 valence electrons. The highest BCUT2D eigenvalue weighted by Gasteiger charge is 2.40. The van der Waals surface area contributed by atoms with Gasteiger partial charge in [0.15, 0.2) is 5.76 Å². The number of allylic oxidation sites excluding steroid dienone is 1. The highest BCUT2D eigenvalue weighted by atomic mass is 16.7. The van der Waals surface area contributed by atoms with Crippen LogP contribution in [-0.2, 0) is 30.2 Å². The van der Waals surface area contributed by atoms with Crippen LogP contribution in [0.25, 0.3) is 11.1 Å². The molecule has 2 N–H and O–H groups in total. The molecule has 2 aromatic carbocycles. The molecule has 1 aliphatic heterocycles. The lowest BCUT2D eigenvalue weighted by Crippen LogP contribution is -2.40. The van der Waals surface area contributed by atoms with E-state index in [1.54, 1.807) is 0 Å². The molecule has 7 nitrogen and oxygen atoms in total. The second-order valence-corrected chi connectivity index (χ2v) is 10.3. The molecule has 1 amide bonds. The summed E-state index contributed by atoms with van der Waals surface area (Å²) in [5, 5.41) is 11.9. The SMILES string of the molecule is CCO[C@H]1OC(C(=O)NCC2CC2)=C[C@@H](c2cccc3c2Cc2ccccc2-3)[C@H]1CCOCCOCCO. The molecule has 0 spiro atoms. The normalized spacial score (nSPS) is 21.8. The van der Waals surface area contributed by atoms with Crippen molar-refractivity contribution in [3.8, 4) is 11.1 Å². The van der Waals surface area contributed by atoms with Gasteiger partial charge in [-0.2, -0.15) is 0 Å². The molecule has 0 bridgehead atoms. The van der Waals surface area contributed by atoms with Crippen molar-refractivity contribution in [2.75, 3.05) is 46.2 Å². The monoisotopic (exact) mass is 521 g/mol. The lowest BCUT2D eigenvalue weighted by atomic mass is 9.78. The molecule has 1 fully saturated rings. The van der Waals surface area contributed by atoms with Gasteiger partial charge in [0.2, 0.25) is 6.29 Å². The molecule has 2 aliphatic carbocycles. The van der Waals surface area contributed by atoms with E-state index in [9.17, 15) is 4.79 Å². The van der Waals surface area contributed by atoms with Crippen LogP contribution in [0.1, 0.15) is 48.8 Å². The zero-order valence-corrected chi connectivity index (χ0v) is 22.2. The van der Waals surface area contributed by atoms with Crippen molar-refractivity contribution in [2.45, 2.75) is 44.8 Å². The standard InChI is InChI=1S/C31H39NO6/c1-2-37-31-26(12-14-35-16-17-36-15-13-33)28(19-29(38-31)30(34)32-20-21-10-11-21)25-9-5-8-24-23-7-4-3-6-22(23)18-27(24)25/h3-9,19,21,26,28,31,33H,2,10-18,20H2,1H3,(H,32,34)/t26-,28+,31+/m1/s1. The molecule has 1 saturated carbocycles. The molecule has 38 heavy (non-hydrogen) atoms. The fourth-order valence-corrected chi connectivity index (χ4v) is 5.54. The van der Waals surface area contributed by atoms with Crippen LogP contribution >= 0.6 is 0 Å². The zero-order chi connectivity index (χ0) is 26.3. The Bertz CT molecular complexity index is 1130. The average molecular weight is 522 g/mol. The molecule has 7 heteroatoms. The van der Waals surface area contributed by atoms with E-state index in [0.717, 1.165) is 6.42 Å². The van der Waals surface area contributed by atoms with Gasteiger partial charge < -0.3 is 29.4 Å². The first-order valence-electron chi connectivity index (χ1n) is 13.9. The number of hydrogen-bond donors (Lipinski definition) is 2. The number of aliphatic hydroxyl groups is 1. The van der Waals surface area contributed by atoms with Crippen LogP contribution < -0.4 is 5.32 Å². The smallest absolute Gasteiger partial charge is 0.286 e. The molecule has 0 radical (unpaired) electrons. The van der Waals surface area contributed by atoms with E-state index in [2.05, 4.69) is 47.8 Å². The summed E-state index contributed by atoms with van der Waals surface area (Å²) >= 11 is 0. The number of fused-ring (bicyclic) bond motifs is 3. The van der Waals surface area contributed by atoms with Gasteiger partial charge in [-0.3, -0.25) is 4.79 Å². The van der Waals surface area contributed by atoms with Gasteiger partial charge in [-0.05, 0) is 72.4 Å². The molecular formula is C31H39NO6. The van der Waals surface area contributed by atoms with Gasteiger partial charge in [0, 0.05) is 31.6 Å². The number of carbonyl (C=O) groups is 1. The Morgan fingerprint density at radius 3 is 2.61 bits per heavy atom. The summed E-state index contributed by atoms with van der Waals surface area (Å²) < 4.78 is 23.5. The summed E-state index contributed by atoms with van der Waals surface area (Å²) in [6, 6.07) is 15.1. The molecule has 0 aromatic heterocycles. The van der Waals surface area contributed by atoms with Crippen molar-refractivity contribution < 1.29 is 28.8 Å². The number of amides is 1. The third kappa shape index (κ3) is 6.29. The van der Waals surface area contributed by atoms with Gasteiger partial charge >= 0.3 is 0 Å². The fourth-order valence-electron chi connectivity index (χ4n) is 5.54. The second kappa shape index (κ2) is 12.9. The minimum absolute atomic E-state index is 0.00525.